The van der Waals surface area contributed by atoms with E-state index in [2.05, 4.69) is 38.5 Å². The van der Waals surface area contributed by atoms with Crippen LogP contribution in [0.1, 0.15) is 155 Å². The van der Waals surface area contributed by atoms with Crippen molar-refractivity contribution in [2.45, 2.75) is 155 Å². The zero-order chi connectivity index (χ0) is 29.6. The molecule has 0 N–H and O–H groups in total. The molecule has 0 saturated heterocycles. The highest BCUT2D eigenvalue weighted by Gasteiger charge is 2.29. The normalized spacial score (nSPS) is 11.2. The second-order valence-electron chi connectivity index (χ2n) is 12.4. The number of unbranched alkanes of at least 4 members (excludes halogenated alkanes) is 20. The predicted octanol–water partition coefficient (Wildman–Crippen LogP) is 7.82. The first-order chi connectivity index (χ1) is 19.6. The van der Waals surface area contributed by atoms with Gasteiger partial charge in [-0.3, -0.25) is 4.79 Å². The Morgan fingerprint density at radius 3 is 1.05 bits per heavy atom. The van der Waals surface area contributed by atoms with Gasteiger partial charge in [0.25, 0.3) is 5.91 Å². The molecule has 41 heavy (non-hydrogen) atoms. The molecule has 0 aromatic carbocycles. The highest BCUT2D eigenvalue weighted by Crippen LogP contribution is 2.15. The van der Waals surface area contributed by atoms with E-state index in [1.165, 1.54) is 128 Å². The van der Waals surface area contributed by atoms with Gasteiger partial charge in [-0.15, -0.1) is 0 Å². The fourth-order valence-electron chi connectivity index (χ4n) is 5.92. The lowest BCUT2D eigenvalue weighted by Crippen LogP contribution is -3.00. The van der Waals surface area contributed by atoms with Gasteiger partial charge in [0, 0.05) is 13.1 Å². The van der Waals surface area contributed by atoms with E-state index >= 15 is 0 Å². The van der Waals surface area contributed by atoms with Crippen LogP contribution in [0.15, 0.2) is 38.0 Å². The van der Waals surface area contributed by atoms with Crippen molar-refractivity contribution in [3.8, 4) is 0 Å². The molecule has 0 rings (SSSR count). The van der Waals surface area contributed by atoms with Crippen molar-refractivity contribution in [2.75, 3.05) is 39.3 Å². The Morgan fingerprint density at radius 2 is 0.780 bits per heavy atom. The molecular formula is C37H71ClN2O. The molecule has 0 atom stereocenters. The minimum atomic E-state index is 0. The van der Waals surface area contributed by atoms with Crippen molar-refractivity contribution < 1.29 is 21.7 Å². The maximum atomic E-state index is 13.6. The molecule has 0 aliphatic heterocycles. The predicted molar refractivity (Wildman–Crippen MR) is 180 cm³/mol. The summed E-state index contributed by atoms with van der Waals surface area (Å²) >= 11 is 0. The molecule has 0 bridgehead atoms. The van der Waals surface area contributed by atoms with Gasteiger partial charge in [0.2, 0.25) is 0 Å². The van der Waals surface area contributed by atoms with Crippen molar-refractivity contribution in [1.82, 2.24) is 4.90 Å². The maximum Gasteiger partial charge on any atom is 0.277 e. The number of carbonyl (C=O) groups excluding carboxylic acids is 1. The minimum Gasteiger partial charge on any atom is -1.00 e. The van der Waals surface area contributed by atoms with E-state index in [1.807, 2.05) is 18.2 Å². The first kappa shape index (κ1) is 42.1. The van der Waals surface area contributed by atoms with Crippen LogP contribution in [0.2, 0.25) is 0 Å². The standard InChI is InChI=1S/C37H71N2O.ClH/c1-6-11-13-15-17-19-21-22-24-26-28-30-32-38(31-29-27-25-23-20-18-16-14-12-7-2)37(40)36-39(33-8-3,34-9-4)35-10-5;/h8-10H,3-7,11-36H2,1-2H3;1H/q+1;/p-1. The largest absolute Gasteiger partial charge is 1.00 e. The molecule has 0 saturated carbocycles. The monoisotopic (exact) mass is 595 g/mol. The summed E-state index contributed by atoms with van der Waals surface area (Å²) in [5, 5.41) is 0. The van der Waals surface area contributed by atoms with Crippen molar-refractivity contribution in [1.29, 1.82) is 0 Å². The molecule has 0 unspecified atom stereocenters. The lowest BCUT2D eigenvalue weighted by atomic mass is 10.0. The highest BCUT2D eigenvalue weighted by atomic mass is 35.5. The van der Waals surface area contributed by atoms with Gasteiger partial charge in [0.05, 0.1) is 19.6 Å². The SMILES string of the molecule is C=CC[N+](CC=C)(CC=C)CC(=O)N(CCCCCCCCCCCC)CCCCCCCCCCCCCC.[Cl-]. The summed E-state index contributed by atoms with van der Waals surface area (Å²) < 4.78 is 0.655. The van der Waals surface area contributed by atoms with Crippen LogP contribution in [0, 0.1) is 0 Å². The lowest BCUT2D eigenvalue weighted by Gasteiger charge is -2.37. The summed E-state index contributed by atoms with van der Waals surface area (Å²) in [5.41, 5.74) is 0. The summed E-state index contributed by atoms with van der Waals surface area (Å²) in [6, 6.07) is 0. The van der Waals surface area contributed by atoms with Crippen LogP contribution in [0.25, 0.3) is 0 Å². The first-order valence-electron chi connectivity index (χ1n) is 17.5. The van der Waals surface area contributed by atoms with Gasteiger partial charge in [0.1, 0.15) is 0 Å². The summed E-state index contributed by atoms with van der Waals surface area (Å²) in [6.45, 7) is 21.1. The summed E-state index contributed by atoms with van der Waals surface area (Å²) in [6.07, 6.45) is 35.3. The van der Waals surface area contributed by atoms with Crippen molar-refractivity contribution in [3.63, 3.8) is 0 Å². The maximum absolute atomic E-state index is 13.6. The van der Waals surface area contributed by atoms with Gasteiger partial charge in [-0.2, -0.15) is 0 Å². The smallest absolute Gasteiger partial charge is 0.277 e. The Hall–Kier alpha value is -1.06. The molecule has 0 aliphatic rings. The van der Waals surface area contributed by atoms with Crippen LogP contribution in [0.4, 0.5) is 0 Å². The lowest BCUT2D eigenvalue weighted by molar-refractivity contribution is -0.904. The van der Waals surface area contributed by atoms with Crippen LogP contribution >= 0.6 is 0 Å². The summed E-state index contributed by atoms with van der Waals surface area (Å²) in [7, 11) is 0. The number of rotatable bonds is 32. The Bertz CT molecular complexity index is 579. The molecule has 0 radical (unpaired) electrons. The Labute approximate surface area is 264 Å². The van der Waals surface area contributed by atoms with Crippen molar-refractivity contribution in [2.24, 2.45) is 0 Å². The van der Waals surface area contributed by atoms with Crippen LogP contribution in [-0.4, -0.2) is 54.6 Å². The van der Waals surface area contributed by atoms with Gasteiger partial charge in [-0.1, -0.05) is 162 Å². The molecule has 242 valence electrons. The number of hydrogen-bond acceptors (Lipinski definition) is 1. The van der Waals surface area contributed by atoms with Crippen LogP contribution in [-0.2, 0) is 4.79 Å². The third-order valence-corrected chi connectivity index (χ3v) is 8.44. The van der Waals surface area contributed by atoms with Crippen molar-refractivity contribution >= 4 is 5.91 Å². The number of carbonyl (C=O) groups is 1. The molecule has 3 nitrogen and oxygen atoms in total. The molecule has 0 aromatic rings. The molecule has 0 spiro atoms. The average Bonchev–Trinajstić information content (AvgIpc) is 2.93. The summed E-state index contributed by atoms with van der Waals surface area (Å²) in [5.74, 6) is 0.296. The first-order valence-corrected chi connectivity index (χ1v) is 17.5. The average molecular weight is 595 g/mol. The van der Waals surface area contributed by atoms with Gasteiger partial charge in [-0.05, 0) is 31.1 Å². The number of hydrogen-bond donors (Lipinski definition) is 0. The second-order valence-corrected chi connectivity index (χ2v) is 12.4. The van der Waals surface area contributed by atoms with Gasteiger partial charge >= 0.3 is 0 Å². The quantitative estimate of drug-likeness (QED) is 0.0442. The number of halogens is 1. The summed E-state index contributed by atoms with van der Waals surface area (Å²) in [4.78, 5) is 15.8. The molecule has 0 heterocycles. The van der Waals surface area contributed by atoms with Crippen LogP contribution in [0.3, 0.4) is 0 Å². The molecule has 1 amide bonds. The van der Waals surface area contributed by atoms with E-state index in [0.717, 1.165) is 45.6 Å². The number of nitrogens with zero attached hydrogens (tertiary/aromatic N) is 2. The molecule has 0 aromatic heterocycles. The van der Waals surface area contributed by atoms with Crippen molar-refractivity contribution in [3.05, 3.63) is 38.0 Å². The third kappa shape index (κ3) is 25.2. The van der Waals surface area contributed by atoms with E-state index in [1.54, 1.807) is 0 Å². The Balaban J connectivity index is 0. The zero-order valence-corrected chi connectivity index (χ0v) is 28.6. The third-order valence-electron chi connectivity index (χ3n) is 8.44. The van der Waals surface area contributed by atoms with Gasteiger partial charge in [-0.25, -0.2) is 0 Å². The molecule has 4 heteroatoms. The van der Waals surface area contributed by atoms with Gasteiger partial charge < -0.3 is 21.8 Å². The number of amides is 1. The molecular weight excluding hydrogens is 524 g/mol. The van der Waals surface area contributed by atoms with E-state index < -0.39 is 0 Å². The minimum absolute atomic E-state index is 0. The second kappa shape index (κ2) is 31.9. The zero-order valence-electron chi connectivity index (χ0n) is 27.8. The Morgan fingerprint density at radius 1 is 0.512 bits per heavy atom. The molecule has 0 fully saturated rings. The van der Waals surface area contributed by atoms with Crippen LogP contribution < -0.4 is 12.4 Å². The van der Waals surface area contributed by atoms with Gasteiger partial charge in [0.15, 0.2) is 6.54 Å². The van der Waals surface area contributed by atoms with Crippen LogP contribution in [0.5, 0.6) is 0 Å². The topological polar surface area (TPSA) is 20.3 Å². The fraction of sp³-hybridized carbons (Fsp3) is 0.811. The fourth-order valence-corrected chi connectivity index (χ4v) is 5.92. The van der Waals surface area contributed by atoms with E-state index in [4.69, 9.17) is 0 Å². The number of quaternary nitrogens is 1. The van der Waals surface area contributed by atoms with E-state index in [9.17, 15) is 4.79 Å². The molecule has 0 aliphatic carbocycles. The van der Waals surface area contributed by atoms with E-state index in [-0.39, 0.29) is 12.4 Å². The van der Waals surface area contributed by atoms with E-state index in [0.29, 0.717) is 16.9 Å². The highest BCUT2D eigenvalue weighted by molar-refractivity contribution is 5.77. The Kier molecular flexibility index (Phi) is 32.7.